The summed E-state index contributed by atoms with van der Waals surface area (Å²) in [5.74, 6) is 1.77. The number of nitrogens with one attached hydrogen (secondary N) is 3. The van der Waals surface area contributed by atoms with Crippen LogP contribution in [-0.4, -0.2) is 34.7 Å². The van der Waals surface area contributed by atoms with Crippen molar-refractivity contribution in [3.63, 3.8) is 0 Å². The zero-order valence-corrected chi connectivity index (χ0v) is 12.0. The summed E-state index contributed by atoms with van der Waals surface area (Å²) in [6, 6.07) is 0.849. The lowest BCUT2D eigenvalue weighted by Crippen LogP contribution is -2.30. The van der Waals surface area contributed by atoms with Gasteiger partial charge in [-0.3, -0.25) is 10.9 Å². The Morgan fingerprint density at radius 2 is 1.84 bits per heavy atom. The Bertz CT molecular complexity index is 402. The van der Waals surface area contributed by atoms with Crippen LogP contribution in [0.2, 0.25) is 0 Å². The molecule has 0 bridgehead atoms. The van der Waals surface area contributed by atoms with Crippen molar-refractivity contribution in [2.24, 2.45) is 5.92 Å². The molecule has 1 aromatic heterocycles. The molecule has 0 amide bonds. The minimum atomic E-state index is 0.0879. The van der Waals surface area contributed by atoms with Gasteiger partial charge >= 0.3 is 0 Å². The summed E-state index contributed by atoms with van der Waals surface area (Å²) in [5.41, 5.74) is 6.49. The van der Waals surface area contributed by atoms with Crippen molar-refractivity contribution in [1.82, 2.24) is 20.8 Å². The smallest absolute Gasteiger partial charge is 0.257 e. The van der Waals surface area contributed by atoms with Crippen LogP contribution in [0.1, 0.15) is 27.7 Å². The molecule has 1 fully saturated rings. The minimum absolute atomic E-state index is 0.0879. The molecule has 1 aliphatic heterocycles. The molecule has 1 aliphatic rings. The first kappa shape index (κ1) is 14.0. The van der Waals surface area contributed by atoms with Crippen molar-refractivity contribution in [2.45, 2.75) is 45.9 Å². The predicted octanol–water partition coefficient (Wildman–Crippen LogP) is 1.18. The average Bonchev–Trinajstić information content (AvgIpc) is 2.68. The van der Waals surface area contributed by atoms with Crippen LogP contribution in [-0.2, 0) is 0 Å². The Morgan fingerprint density at radius 1 is 1.21 bits per heavy atom. The van der Waals surface area contributed by atoms with E-state index in [0.29, 0.717) is 29.7 Å². The van der Waals surface area contributed by atoms with Crippen LogP contribution in [0.5, 0.6) is 5.88 Å². The second kappa shape index (κ2) is 6.16. The minimum Gasteiger partial charge on any atom is -0.472 e. The fourth-order valence-corrected chi connectivity index (χ4v) is 2.23. The zero-order valence-electron chi connectivity index (χ0n) is 12.0. The first-order valence-electron chi connectivity index (χ1n) is 6.80. The number of hydrogen-bond acceptors (Lipinski definition) is 6. The Labute approximate surface area is 114 Å². The maximum Gasteiger partial charge on any atom is 0.257 e. The molecule has 0 radical (unpaired) electrons. The summed E-state index contributed by atoms with van der Waals surface area (Å²) < 4.78 is 5.65. The molecule has 1 saturated heterocycles. The summed E-state index contributed by atoms with van der Waals surface area (Å²) in [7, 11) is 0. The SMILES string of the molecule is CC(C)Oc1nccnc1NCC1C(C)NNC1C. The molecule has 6 nitrogen and oxygen atoms in total. The topological polar surface area (TPSA) is 71.1 Å². The number of ether oxygens (including phenoxy) is 1. The van der Waals surface area contributed by atoms with Crippen molar-refractivity contribution in [3.05, 3.63) is 12.4 Å². The Morgan fingerprint density at radius 3 is 2.47 bits per heavy atom. The summed E-state index contributed by atoms with van der Waals surface area (Å²) in [6.07, 6.45) is 3.41. The molecule has 2 atom stereocenters. The van der Waals surface area contributed by atoms with Gasteiger partial charge in [0.25, 0.3) is 5.88 Å². The van der Waals surface area contributed by atoms with Gasteiger partial charge in [-0.1, -0.05) is 0 Å². The van der Waals surface area contributed by atoms with Crippen molar-refractivity contribution >= 4 is 5.82 Å². The number of hydrogen-bond donors (Lipinski definition) is 3. The Hall–Kier alpha value is -1.40. The molecule has 2 heterocycles. The standard InChI is InChI=1S/C13H23N5O/c1-8(2)19-13-12(14-5-6-15-13)16-7-11-9(3)17-18-10(11)4/h5-6,8-11,17-18H,7H2,1-4H3,(H,14,16). The van der Waals surface area contributed by atoms with E-state index in [1.165, 1.54) is 0 Å². The van der Waals surface area contributed by atoms with Gasteiger partial charge in [-0.2, -0.15) is 0 Å². The summed E-state index contributed by atoms with van der Waals surface area (Å²) in [4.78, 5) is 8.53. The molecule has 0 saturated carbocycles. The largest absolute Gasteiger partial charge is 0.472 e. The van der Waals surface area contributed by atoms with Crippen LogP contribution in [0.15, 0.2) is 12.4 Å². The Kier molecular flexibility index (Phi) is 4.55. The number of hydrazine groups is 1. The number of nitrogens with zero attached hydrogens (tertiary/aromatic N) is 2. The van der Waals surface area contributed by atoms with E-state index in [0.717, 1.165) is 6.54 Å². The van der Waals surface area contributed by atoms with Gasteiger partial charge in [0.05, 0.1) is 6.10 Å². The highest BCUT2D eigenvalue weighted by Crippen LogP contribution is 2.21. The van der Waals surface area contributed by atoms with E-state index < -0.39 is 0 Å². The third-order valence-electron chi connectivity index (χ3n) is 3.34. The van der Waals surface area contributed by atoms with E-state index in [-0.39, 0.29) is 6.10 Å². The van der Waals surface area contributed by atoms with Crippen molar-refractivity contribution in [2.75, 3.05) is 11.9 Å². The average molecular weight is 265 g/mol. The third kappa shape index (κ3) is 3.54. The molecule has 0 aliphatic carbocycles. The zero-order chi connectivity index (χ0) is 13.8. The molecule has 106 valence electrons. The Balaban J connectivity index is 1.99. The number of rotatable bonds is 5. The molecular formula is C13H23N5O. The third-order valence-corrected chi connectivity index (χ3v) is 3.34. The summed E-state index contributed by atoms with van der Waals surface area (Å²) in [6.45, 7) is 9.13. The summed E-state index contributed by atoms with van der Waals surface area (Å²) >= 11 is 0. The molecule has 3 N–H and O–H groups in total. The van der Waals surface area contributed by atoms with Gasteiger partial charge in [-0.05, 0) is 27.7 Å². The lowest BCUT2D eigenvalue weighted by atomic mass is 9.97. The van der Waals surface area contributed by atoms with Crippen molar-refractivity contribution in [3.8, 4) is 5.88 Å². The van der Waals surface area contributed by atoms with E-state index in [2.05, 4.69) is 40.0 Å². The van der Waals surface area contributed by atoms with Gasteiger partial charge in [0.15, 0.2) is 5.82 Å². The maximum absolute atomic E-state index is 5.65. The first-order valence-corrected chi connectivity index (χ1v) is 6.80. The van der Waals surface area contributed by atoms with Gasteiger partial charge in [-0.15, -0.1) is 0 Å². The van der Waals surface area contributed by atoms with Crippen LogP contribution < -0.4 is 20.9 Å². The van der Waals surface area contributed by atoms with Crippen LogP contribution in [0.4, 0.5) is 5.82 Å². The maximum atomic E-state index is 5.65. The first-order chi connectivity index (χ1) is 9.08. The highest BCUT2D eigenvalue weighted by atomic mass is 16.5. The molecule has 1 aromatic rings. The second-order valence-electron chi connectivity index (χ2n) is 5.29. The van der Waals surface area contributed by atoms with Crippen LogP contribution in [0, 0.1) is 5.92 Å². The van der Waals surface area contributed by atoms with Crippen LogP contribution >= 0.6 is 0 Å². The number of anilines is 1. The molecule has 2 rings (SSSR count). The second-order valence-corrected chi connectivity index (χ2v) is 5.29. The lowest BCUT2D eigenvalue weighted by molar-refractivity contribution is 0.233. The van der Waals surface area contributed by atoms with Crippen LogP contribution in [0.3, 0.4) is 0 Å². The normalized spacial score (nSPS) is 26.7. The van der Waals surface area contributed by atoms with Crippen molar-refractivity contribution in [1.29, 1.82) is 0 Å². The molecule has 2 unspecified atom stereocenters. The number of aromatic nitrogens is 2. The van der Waals surface area contributed by atoms with Gasteiger partial charge < -0.3 is 10.1 Å². The molecular weight excluding hydrogens is 242 g/mol. The fraction of sp³-hybridized carbons (Fsp3) is 0.692. The highest BCUT2D eigenvalue weighted by molar-refractivity contribution is 5.44. The molecule has 0 aromatic carbocycles. The predicted molar refractivity (Wildman–Crippen MR) is 75.0 cm³/mol. The monoisotopic (exact) mass is 265 g/mol. The fourth-order valence-electron chi connectivity index (χ4n) is 2.23. The van der Waals surface area contributed by atoms with Gasteiger partial charge in [0, 0.05) is 36.9 Å². The van der Waals surface area contributed by atoms with E-state index in [1.807, 2.05) is 13.8 Å². The van der Waals surface area contributed by atoms with E-state index >= 15 is 0 Å². The lowest BCUT2D eigenvalue weighted by Gasteiger charge is -2.19. The highest BCUT2D eigenvalue weighted by Gasteiger charge is 2.29. The molecule has 19 heavy (non-hydrogen) atoms. The van der Waals surface area contributed by atoms with E-state index in [4.69, 9.17) is 4.74 Å². The molecule has 0 spiro atoms. The summed E-state index contributed by atoms with van der Waals surface area (Å²) in [5, 5.41) is 3.34. The van der Waals surface area contributed by atoms with Crippen LogP contribution in [0.25, 0.3) is 0 Å². The van der Waals surface area contributed by atoms with Crippen molar-refractivity contribution < 1.29 is 4.74 Å². The van der Waals surface area contributed by atoms with E-state index in [1.54, 1.807) is 12.4 Å². The van der Waals surface area contributed by atoms with Gasteiger partial charge in [-0.25, -0.2) is 9.97 Å². The van der Waals surface area contributed by atoms with E-state index in [9.17, 15) is 0 Å². The van der Waals surface area contributed by atoms with Gasteiger partial charge in [0.2, 0.25) is 0 Å². The molecule has 6 heteroatoms. The quantitative estimate of drug-likeness (QED) is 0.742. The van der Waals surface area contributed by atoms with Gasteiger partial charge in [0.1, 0.15) is 0 Å².